The van der Waals surface area contributed by atoms with Crippen LogP contribution in [-0.2, 0) is 6.42 Å². The van der Waals surface area contributed by atoms with Gasteiger partial charge in [-0.3, -0.25) is 0 Å². The Bertz CT molecular complexity index is 705. The van der Waals surface area contributed by atoms with Crippen LogP contribution in [0.4, 0.5) is 0 Å². The molecular formula is C16H16BrN3S. The average molecular weight is 362 g/mol. The van der Waals surface area contributed by atoms with Gasteiger partial charge < -0.3 is 5.32 Å². The highest BCUT2D eigenvalue weighted by Gasteiger charge is 2.14. The van der Waals surface area contributed by atoms with E-state index in [1.54, 1.807) is 11.3 Å². The van der Waals surface area contributed by atoms with E-state index in [1.807, 2.05) is 36.1 Å². The van der Waals surface area contributed by atoms with Crippen molar-refractivity contribution in [1.82, 2.24) is 15.1 Å². The van der Waals surface area contributed by atoms with Gasteiger partial charge in [-0.05, 0) is 53.3 Å². The standard InChI is InChI=1S/C16H16BrN3S/c1-18-15(11-13-7-8-16(17)21-13)14-9-10-20(19-14)12-5-3-2-4-6-12/h2-10,15,18H,11H2,1H3. The lowest BCUT2D eigenvalue weighted by atomic mass is 10.1. The minimum absolute atomic E-state index is 0.223. The fourth-order valence-corrected chi connectivity index (χ4v) is 3.79. The molecule has 0 aliphatic carbocycles. The van der Waals surface area contributed by atoms with E-state index in [0.717, 1.165) is 17.8 Å². The molecule has 1 aromatic carbocycles. The number of nitrogens with zero attached hydrogens (tertiary/aromatic N) is 2. The van der Waals surface area contributed by atoms with E-state index in [1.165, 1.54) is 8.66 Å². The lowest BCUT2D eigenvalue weighted by Gasteiger charge is -2.12. The number of nitrogens with one attached hydrogen (secondary N) is 1. The zero-order valence-corrected chi connectivity index (χ0v) is 14.1. The third-order valence-electron chi connectivity index (χ3n) is 3.37. The fourth-order valence-electron chi connectivity index (χ4n) is 2.27. The number of likely N-dealkylation sites (N-methyl/N-ethyl adjacent to an activating group) is 1. The fraction of sp³-hybridized carbons (Fsp3) is 0.188. The predicted molar refractivity (Wildman–Crippen MR) is 91.1 cm³/mol. The summed E-state index contributed by atoms with van der Waals surface area (Å²) in [5, 5.41) is 8.06. The molecule has 1 unspecified atom stereocenters. The summed E-state index contributed by atoms with van der Waals surface area (Å²) in [4.78, 5) is 1.34. The van der Waals surface area contributed by atoms with Crippen LogP contribution in [0, 0.1) is 0 Å². The molecule has 0 saturated carbocycles. The Labute approximate surface area is 136 Å². The number of thiophene rings is 1. The maximum Gasteiger partial charge on any atom is 0.0801 e. The van der Waals surface area contributed by atoms with Crippen LogP contribution in [0.2, 0.25) is 0 Å². The topological polar surface area (TPSA) is 29.9 Å². The van der Waals surface area contributed by atoms with Crippen molar-refractivity contribution in [3.05, 3.63) is 69.1 Å². The number of benzene rings is 1. The van der Waals surface area contributed by atoms with Gasteiger partial charge in [0.05, 0.1) is 21.2 Å². The first-order valence-electron chi connectivity index (χ1n) is 6.79. The van der Waals surface area contributed by atoms with Crippen LogP contribution in [0.25, 0.3) is 5.69 Å². The van der Waals surface area contributed by atoms with Gasteiger partial charge in [-0.2, -0.15) is 5.10 Å². The zero-order chi connectivity index (χ0) is 14.7. The Morgan fingerprint density at radius 1 is 1.19 bits per heavy atom. The molecule has 0 aliphatic heterocycles. The molecule has 108 valence electrons. The lowest BCUT2D eigenvalue weighted by molar-refractivity contribution is 0.573. The van der Waals surface area contributed by atoms with Crippen LogP contribution in [0.15, 0.2) is 58.5 Å². The molecule has 0 saturated heterocycles. The molecule has 0 spiro atoms. The molecule has 1 atom stereocenters. The molecule has 0 amide bonds. The highest BCUT2D eigenvalue weighted by Crippen LogP contribution is 2.26. The first kappa shape index (κ1) is 14.5. The third kappa shape index (κ3) is 3.43. The molecule has 21 heavy (non-hydrogen) atoms. The SMILES string of the molecule is CNC(Cc1ccc(Br)s1)c1ccn(-c2ccccc2)n1. The van der Waals surface area contributed by atoms with E-state index in [-0.39, 0.29) is 6.04 Å². The summed E-state index contributed by atoms with van der Waals surface area (Å²) in [5.41, 5.74) is 2.14. The molecule has 5 heteroatoms. The number of hydrogen-bond donors (Lipinski definition) is 1. The van der Waals surface area contributed by atoms with Gasteiger partial charge in [-0.15, -0.1) is 11.3 Å². The highest BCUT2D eigenvalue weighted by molar-refractivity contribution is 9.11. The predicted octanol–water partition coefficient (Wildman–Crippen LogP) is 4.20. The Morgan fingerprint density at radius 3 is 2.67 bits per heavy atom. The van der Waals surface area contributed by atoms with E-state index in [4.69, 9.17) is 5.10 Å². The van der Waals surface area contributed by atoms with Crippen molar-refractivity contribution in [1.29, 1.82) is 0 Å². The number of hydrogen-bond acceptors (Lipinski definition) is 3. The lowest BCUT2D eigenvalue weighted by Crippen LogP contribution is -2.19. The summed E-state index contributed by atoms with van der Waals surface area (Å²) in [7, 11) is 1.98. The summed E-state index contributed by atoms with van der Waals surface area (Å²) < 4.78 is 3.09. The van der Waals surface area contributed by atoms with Crippen LogP contribution in [0.5, 0.6) is 0 Å². The second-order valence-corrected chi connectivity index (χ2v) is 7.32. The average Bonchev–Trinajstić information content (AvgIpc) is 3.15. The minimum Gasteiger partial charge on any atom is -0.311 e. The molecule has 3 nitrogen and oxygen atoms in total. The molecular weight excluding hydrogens is 346 g/mol. The molecule has 0 bridgehead atoms. The number of para-hydroxylation sites is 1. The quantitative estimate of drug-likeness (QED) is 0.737. The first-order chi connectivity index (χ1) is 10.3. The van der Waals surface area contributed by atoms with Crippen molar-refractivity contribution in [2.24, 2.45) is 0 Å². The number of aromatic nitrogens is 2. The van der Waals surface area contributed by atoms with Crippen LogP contribution in [0.3, 0.4) is 0 Å². The van der Waals surface area contributed by atoms with Crippen LogP contribution in [0.1, 0.15) is 16.6 Å². The van der Waals surface area contributed by atoms with Gasteiger partial charge in [0, 0.05) is 17.5 Å². The van der Waals surface area contributed by atoms with E-state index in [9.17, 15) is 0 Å². The van der Waals surface area contributed by atoms with Crippen molar-refractivity contribution in [2.75, 3.05) is 7.05 Å². The van der Waals surface area contributed by atoms with Crippen LogP contribution < -0.4 is 5.32 Å². The summed E-state index contributed by atoms with van der Waals surface area (Å²) in [6.45, 7) is 0. The molecule has 0 fully saturated rings. The van der Waals surface area contributed by atoms with Gasteiger partial charge in [0.15, 0.2) is 0 Å². The van der Waals surface area contributed by atoms with E-state index >= 15 is 0 Å². The molecule has 3 aromatic rings. The van der Waals surface area contributed by atoms with Gasteiger partial charge in [0.25, 0.3) is 0 Å². The maximum atomic E-state index is 4.70. The molecule has 0 radical (unpaired) electrons. The van der Waals surface area contributed by atoms with Gasteiger partial charge in [0.1, 0.15) is 0 Å². The third-order valence-corrected chi connectivity index (χ3v) is 5.02. The van der Waals surface area contributed by atoms with E-state index < -0.39 is 0 Å². The van der Waals surface area contributed by atoms with Gasteiger partial charge in [0.2, 0.25) is 0 Å². The van der Waals surface area contributed by atoms with E-state index in [2.05, 4.69) is 51.6 Å². The van der Waals surface area contributed by atoms with Crippen molar-refractivity contribution in [3.8, 4) is 5.69 Å². The summed E-state index contributed by atoms with van der Waals surface area (Å²) in [6, 6.07) is 16.7. The summed E-state index contributed by atoms with van der Waals surface area (Å²) >= 11 is 5.28. The molecule has 2 aromatic heterocycles. The minimum atomic E-state index is 0.223. The van der Waals surface area contributed by atoms with E-state index in [0.29, 0.717) is 0 Å². The second kappa shape index (κ2) is 6.56. The Kier molecular flexibility index (Phi) is 4.53. The zero-order valence-electron chi connectivity index (χ0n) is 11.7. The first-order valence-corrected chi connectivity index (χ1v) is 8.39. The smallest absolute Gasteiger partial charge is 0.0801 e. The van der Waals surface area contributed by atoms with Crippen molar-refractivity contribution < 1.29 is 0 Å². The van der Waals surface area contributed by atoms with Gasteiger partial charge in [-0.25, -0.2) is 4.68 Å². The van der Waals surface area contributed by atoms with Gasteiger partial charge >= 0.3 is 0 Å². The van der Waals surface area contributed by atoms with Crippen molar-refractivity contribution in [3.63, 3.8) is 0 Å². The highest BCUT2D eigenvalue weighted by atomic mass is 79.9. The Balaban J connectivity index is 1.80. The van der Waals surface area contributed by atoms with Crippen molar-refractivity contribution >= 4 is 27.3 Å². The van der Waals surface area contributed by atoms with Crippen molar-refractivity contribution in [2.45, 2.75) is 12.5 Å². The number of rotatable bonds is 5. The summed E-state index contributed by atoms with van der Waals surface area (Å²) in [6.07, 6.45) is 2.96. The maximum absolute atomic E-state index is 4.70. The summed E-state index contributed by atoms with van der Waals surface area (Å²) in [5.74, 6) is 0. The second-order valence-electron chi connectivity index (χ2n) is 4.77. The van der Waals surface area contributed by atoms with Crippen LogP contribution >= 0.6 is 27.3 Å². The number of halogens is 1. The molecule has 3 rings (SSSR count). The molecule has 1 N–H and O–H groups in total. The molecule has 0 aliphatic rings. The Hall–Kier alpha value is -1.43. The normalized spacial score (nSPS) is 12.5. The molecule has 2 heterocycles. The van der Waals surface area contributed by atoms with Crippen LogP contribution in [-0.4, -0.2) is 16.8 Å². The Morgan fingerprint density at radius 2 is 2.00 bits per heavy atom. The monoisotopic (exact) mass is 361 g/mol. The van der Waals surface area contributed by atoms with Gasteiger partial charge in [-0.1, -0.05) is 18.2 Å². The largest absolute Gasteiger partial charge is 0.311 e.